The van der Waals surface area contributed by atoms with Crippen LogP contribution in [0.25, 0.3) is 0 Å². The van der Waals surface area contributed by atoms with E-state index in [2.05, 4.69) is 10.6 Å². The number of hydrogen-bond acceptors (Lipinski definition) is 2. The van der Waals surface area contributed by atoms with E-state index in [1.807, 2.05) is 19.9 Å². The zero-order valence-electron chi connectivity index (χ0n) is 10.7. The van der Waals surface area contributed by atoms with Gasteiger partial charge in [0.25, 0.3) is 0 Å². The Balaban J connectivity index is 1.98. The average Bonchev–Trinajstić information content (AvgIpc) is 2.75. The Bertz CT molecular complexity index is 436. The third-order valence-electron chi connectivity index (χ3n) is 3.57. The number of carbonyl (C=O) groups excluding carboxylic acids is 1. The topological polar surface area (TPSA) is 41.1 Å². The van der Waals surface area contributed by atoms with Crippen LogP contribution in [0.15, 0.2) is 24.3 Å². The highest BCUT2D eigenvalue weighted by molar-refractivity contribution is 5.80. The molecule has 1 saturated heterocycles. The molecule has 18 heavy (non-hydrogen) atoms. The van der Waals surface area contributed by atoms with Gasteiger partial charge in [0.15, 0.2) is 0 Å². The molecule has 0 radical (unpaired) electrons. The molecule has 1 fully saturated rings. The third kappa shape index (κ3) is 2.88. The van der Waals surface area contributed by atoms with Crippen molar-refractivity contribution in [1.82, 2.24) is 10.6 Å². The normalized spacial score (nSPS) is 24.8. The molecule has 0 spiro atoms. The molecule has 0 aromatic heterocycles. The van der Waals surface area contributed by atoms with E-state index in [-0.39, 0.29) is 29.7 Å². The van der Waals surface area contributed by atoms with Crippen molar-refractivity contribution in [3.05, 3.63) is 35.6 Å². The zero-order valence-corrected chi connectivity index (χ0v) is 10.7. The fraction of sp³-hybridized carbons (Fsp3) is 0.500. The van der Waals surface area contributed by atoms with Gasteiger partial charge in [0, 0.05) is 6.04 Å². The van der Waals surface area contributed by atoms with Crippen LogP contribution in [0.4, 0.5) is 4.39 Å². The summed E-state index contributed by atoms with van der Waals surface area (Å²) in [5.74, 6) is -0.213. The maximum atomic E-state index is 13.1. The fourth-order valence-electron chi connectivity index (χ4n) is 2.40. The van der Waals surface area contributed by atoms with Crippen LogP contribution < -0.4 is 10.6 Å². The van der Waals surface area contributed by atoms with Crippen LogP contribution in [0.3, 0.4) is 0 Å². The number of carbonyl (C=O) groups is 1. The van der Waals surface area contributed by atoms with Crippen molar-refractivity contribution in [3.63, 3.8) is 0 Å². The molecule has 3 atom stereocenters. The summed E-state index contributed by atoms with van der Waals surface area (Å²) in [6, 6.07) is 6.39. The van der Waals surface area contributed by atoms with Crippen molar-refractivity contribution < 1.29 is 9.18 Å². The molecule has 2 rings (SSSR count). The second-order valence-corrected chi connectivity index (χ2v) is 4.92. The average molecular weight is 250 g/mol. The maximum absolute atomic E-state index is 13.1. The summed E-state index contributed by atoms with van der Waals surface area (Å²) in [4.78, 5) is 12.1. The lowest BCUT2D eigenvalue weighted by Gasteiger charge is -2.19. The van der Waals surface area contributed by atoms with Gasteiger partial charge in [-0.3, -0.25) is 4.79 Å². The van der Waals surface area contributed by atoms with Gasteiger partial charge in [-0.15, -0.1) is 0 Å². The van der Waals surface area contributed by atoms with Crippen molar-refractivity contribution in [2.45, 2.75) is 32.4 Å². The molecule has 1 aromatic carbocycles. The number of nitrogens with one attached hydrogen (secondary N) is 2. The number of hydrogen-bond donors (Lipinski definition) is 2. The van der Waals surface area contributed by atoms with Gasteiger partial charge < -0.3 is 10.6 Å². The first-order valence-electron chi connectivity index (χ1n) is 6.37. The van der Waals surface area contributed by atoms with Gasteiger partial charge in [0.1, 0.15) is 5.82 Å². The minimum atomic E-state index is -0.274. The monoisotopic (exact) mass is 250 g/mol. The molecule has 0 saturated carbocycles. The van der Waals surface area contributed by atoms with Gasteiger partial charge in [0.05, 0.1) is 12.0 Å². The van der Waals surface area contributed by atoms with Gasteiger partial charge in [0.2, 0.25) is 5.91 Å². The van der Waals surface area contributed by atoms with E-state index in [0.29, 0.717) is 0 Å². The van der Waals surface area contributed by atoms with Crippen LogP contribution >= 0.6 is 0 Å². The van der Waals surface area contributed by atoms with E-state index >= 15 is 0 Å². The van der Waals surface area contributed by atoms with Crippen molar-refractivity contribution in [2.24, 2.45) is 5.92 Å². The summed E-state index contributed by atoms with van der Waals surface area (Å²) < 4.78 is 13.1. The highest BCUT2D eigenvalue weighted by atomic mass is 19.1. The van der Waals surface area contributed by atoms with Gasteiger partial charge in [-0.05, 0) is 44.5 Å². The number of halogens is 1. The Morgan fingerprint density at radius 3 is 2.94 bits per heavy atom. The summed E-state index contributed by atoms with van der Waals surface area (Å²) in [5.41, 5.74) is 0.793. The van der Waals surface area contributed by atoms with Gasteiger partial charge in [-0.2, -0.15) is 0 Å². The van der Waals surface area contributed by atoms with Gasteiger partial charge in [-0.1, -0.05) is 12.1 Å². The molecule has 0 aliphatic carbocycles. The van der Waals surface area contributed by atoms with Crippen LogP contribution in [-0.4, -0.2) is 18.5 Å². The summed E-state index contributed by atoms with van der Waals surface area (Å²) in [6.45, 7) is 4.78. The van der Waals surface area contributed by atoms with E-state index in [0.717, 1.165) is 18.5 Å². The Hall–Kier alpha value is -1.42. The van der Waals surface area contributed by atoms with Crippen LogP contribution in [0.5, 0.6) is 0 Å². The van der Waals surface area contributed by atoms with Crippen LogP contribution in [0.1, 0.15) is 31.9 Å². The molecule has 2 N–H and O–H groups in total. The molecule has 1 amide bonds. The van der Waals surface area contributed by atoms with Gasteiger partial charge >= 0.3 is 0 Å². The smallest absolute Gasteiger partial charge is 0.225 e. The summed E-state index contributed by atoms with van der Waals surface area (Å²) >= 11 is 0. The summed E-state index contributed by atoms with van der Waals surface area (Å²) in [6.07, 6.45) is 0.864. The highest BCUT2D eigenvalue weighted by Gasteiger charge is 2.30. The molecule has 1 heterocycles. The lowest BCUT2D eigenvalue weighted by Crippen LogP contribution is -2.37. The molecular weight excluding hydrogens is 231 g/mol. The molecular formula is C14H19FN2O. The van der Waals surface area contributed by atoms with Crippen molar-refractivity contribution in [1.29, 1.82) is 0 Å². The Morgan fingerprint density at radius 2 is 2.33 bits per heavy atom. The van der Waals surface area contributed by atoms with E-state index in [1.165, 1.54) is 12.1 Å². The molecule has 2 unspecified atom stereocenters. The predicted octanol–water partition coefficient (Wildman–Crippen LogP) is 2.00. The van der Waals surface area contributed by atoms with E-state index < -0.39 is 0 Å². The zero-order chi connectivity index (χ0) is 13.1. The Morgan fingerprint density at radius 1 is 1.56 bits per heavy atom. The Labute approximate surface area is 107 Å². The lowest BCUT2D eigenvalue weighted by molar-refractivity contribution is -0.125. The molecule has 0 bridgehead atoms. The second kappa shape index (κ2) is 5.48. The fourth-order valence-corrected chi connectivity index (χ4v) is 2.40. The molecule has 98 valence electrons. The quantitative estimate of drug-likeness (QED) is 0.861. The first kappa shape index (κ1) is 13.0. The lowest BCUT2D eigenvalue weighted by atomic mass is 10.00. The molecule has 1 aliphatic rings. The number of rotatable bonds is 3. The van der Waals surface area contributed by atoms with Crippen LogP contribution in [-0.2, 0) is 4.79 Å². The predicted molar refractivity (Wildman–Crippen MR) is 68.5 cm³/mol. The van der Waals surface area contributed by atoms with Crippen molar-refractivity contribution >= 4 is 5.91 Å². The molecule has 3 nitrogen and oxygen atoms in total. The molecule has 1 aromatic rings. The Kier molecular flexibility index (Phi) is 3.97. The van der Waals surface area contributed by atoms with Crippen molar-refractivity contribution in [3.8, 4) is 0 Å². The highest BCUT2D eigenvalue weighted by Crippen LogP contribution is 2.18. The third-order valence-corrected chi connectivity index (χ3v) is 3.57. The standard InChI is InChI=1S/C14H19FN2O/c1-9(11-4-3-5-12(15)8-11)17-14(18)13-6-7-16-10(13)2/h3-5,8-10,13,16H,6-7H2,1-2H3,(H,17,18)/t9-,10?,13?/m0/s1. The minimum Gasteiger partial charge on any atom is -0.349 e. The van der Waals surface area contributed by atoms with E-state index in [9.17, 15) is 9.18 Å². The number of benzene rings is 1. The van der Waals surface area contributed by atoms with E-state index in [1.54, 1.807) is 6.07 Å². The minimum absolute atomic E-state index is 0.0148. The van der Waals surface area contributed by atoms with Crippen LogP contribution in [0.2, 0.25) is 0 Å². The first-order valence-corrected chi connectivity index (χ1v) is 6.37. The number of amides is 1. The maximum Gasteiger partial charge on any atom is 0.225 e. The summed E-state index contributed by atoms with van der Waals surface area (Å²) in [5, 5.41) is 6.20. The first-order chi connectivity index (χ1) is 8.58. The SMILES string of the molecule is CC1NCCC1C(=O)N[C@@H](C)c1cccc(F)c1. The largest absolute Gasteiger partial charge is 0.349 e. The van der Waals surface area contributed by atoms with Crippen molar-refractivity contribution in [2.75, 3.05) is 6.54 Å². The van der Waals surface area contributed by atoms with E-state index in [4.69, 9.17) is 0 Å². The second-order valence-electron chi connectivity index (χ2n) is 4.92. The van der Waals surface area contributed by atoms with Crippen LogP contribution in [0, 0.1) is 11.7 Å². The van der Waals surface area contributed by atoms with Gasteiger partial charge in [-0.25, -0.2) is 4.39 Å². The summed E-state index contributed by atoms with van der Waals surface area (Å²) in [7, 11) is 0. The molecule has 1 aliphatic heterocycles. The molecule has 4 heteroatoms.